The summed E-state index contributed by atoms with van der Waals surface area (Å²) >= 11 is 0. The summed E-state index contributed by atoms with van der Waals surface area (Å²) in [5.41, 5.74) is 1.50. The van der Waals surface area contributed by atoms with E-state index in [0.717, 1.165) is 24.9 Å². The highest BCUT2D eigenvalue weighted by atomic mass is 16.5. The van der Waals surface area contributed by atoms with Gasteiger partial charge in [-0.25, -0.2) is 0 Å². The molecule has 0 heterocycles. The van der Waals surface area contributed by atoms with Gasteiger partial charge in [-0.2, -0.15) is 0 Å². The highest BCUT2D eigenvalue weighted by molar-refractivity contribution is 5.97. The number of hydrogen-bond acceptors (Lipinski definition) is 3. The van der Waals surface area contributed by atoms with Crippen LogP contribution in [0.4, 0.5) is 0 Å². The standard InChI is InChI=1S/C15H23NO3/c1-6-7-8-16(3)15(17)12-10-13(18-4)11(2)9-14(12)19-5/h9-10H,6-8H2,1-5H3. The lowest BCUT2D eigenvalue weighted by atomic mass is 10.1. The van der Waals surface area contributed by atoms with Crippen molar-refractivity contribution in [3.63, 3.8) is 0 Å². The molecule has 1 aromatic carbocycles. The summed E-state index contributed by atoms with van der Waals surface area (Å²) in [6.07, 6.45) is 2.06. The van der Waals surface area contributed by atoms with E-state index in [2.05, 4.69) is 6.92 Å². The molecule has 0 atom stereocenters. The molecule has 0 bridgehead atoms. The number of benzene rings is 1. The second kappa shape index (κ2) is 7.02. The van der Waals surface area contributed by atoms with E-state index < -0.39 is 0 Å². The third-order valence-electron chi connectivity index (χ3n) is 3.14. The molecule has 106 valence electrons. The maximum absolute atomic E-state index is 12.4. The Kier molecular flexibility index (Phi) is 5.67. The molecule has 0 unspecified atom stereocenters. The van der Waals surface area contributed by atoms with Crippen molar-refractivity contribution in [3.05, 3.63) is 23.3 Å². The zero-order valence-electron chi connectivity index (χ0n) is 12.4. The lowest BCUT2D eigenvalue weighted by Gasteiger charge is -2.19. The topological polar surface area (TPSA) is 38.8 Å². The van der Waals surface area contributed by atoms with Crippen molar-refractivity contribution in [2.75, 3.05) is 27.8 Å². The highest BCUT2D eigenvalue weighted by Gasteiger charge is 2.18. The predicted molar refractivity (Wildman–Crippen MR) is 76.2 cm³/mol. The third kappa shape index (κ3) is 3.63. The number of hydrogen-bond donors (Lipinski definition) is 0. The van der Waals surface area contributed by atoms with E-state index >= 15 is 0 Å². The first-order valence-corrected chi connectivity index (χ1v) is 6.53. The number of ether oxygens (including phenoxy) is 2. The quantitative estimate of drug-likeness (QED) is 0.794. The Labute approximate surface area is 115 Å². The SMILES string of the molecule is CCCCN(C)C(=O)c1cc(OC)c(C)cc1OC. The molecule has 0 spiro atoms. The van der Waals surface area contributed by atoms with Gasteiger partial charge in [0.2, 0.25) is 0 Å². The largest absolute Gasteiger partial charge is 0.496 e. The average molecular weight is 265 g/mol. The van der Waals surface area contributed by atoms with Gasteiger partial charge in [0.25, 0.3) is 5.91 Å². The van der Waals surface area contributed by atoms with Crippen LogP contribution in [0.25, 0.3) is 0 Å². The summed E-state index contributed by atoms with van der Waals surface area (Å²) < 4.78 is 10.6. The molecular formula is C15H23NO3. The minimum Gasteiger partial charge on any atom is -0.496 e. The molecule has 0 aliphatic rings. The first-order chi connectivity index (χ1) is 9.04. The van der Waals surface area contributed by atoms with Gasteiger partial charge < -0.3 is 14.4 Å². The average Bonchev–Trinajstić information content (AvgIpc) is 2.43. The van der Waals surface area contributed by atoms with E-state index in [9.17, 15) is 4.79 Å². The van der Waals surface area contributed by atoms with Crippen molar-refractivity contribution in [1.29, 1.82) is 0 Å². The van der Waals surface area contributed by atoms with E-state index in [0.29, 0.717) is 17.1 Å². The molecule has 0 saturated heterocycles. The molecule has 1 rings (SSSR count). The fraction of sp³-hybridized carbons (Fsp3) is 0.533. The maximum atomic E-state index is 12.4. The van der Waals surface area contributed by atoms with Crippen molar-refractivity contribution in [2.45, 2.75) is 26.7 Å². The van der Waals surface area contributed by atoms with Crippen LogP contribution in [0.5, 0.6) is 11.5 Å². The minimum absolute atomic E-state index is 0.0383. The van der Waals surface area contributed by atoms with Crippen LogP contribution in [0.2, 0.25) is 0 Å². The predicted octanol–water partition coefficient (Wildman–Crippen LogP) is 2.88. The number of amides is 1. The molecule has 0 radical (unpaired) electrons. The van der Waals surface area contributed by atoms with Gasteiger partial charge in [-0.3, -0.25) is 4.79 Å². The van der Waals surface area contributed by atoms with Crippen molar-refractivity contribution < 1.29 is 14.3 Å². The van der Waals surface area contributed by atoms with E-state index in [4.69, 9.17) is 9.47 Å². The number of methoxy groups -OCH3 is 2. The lowest BCUT2D eigenvalue weighted by molar-refractivity contribution is 0.0789. The minimum atomic E-state index is -0.0383. The molecule has 0 N–H and O–H groups in total. The van der Waals surface area contributed by atoms with Crippen LogP contribution < -0.4 is 9.47 Å². The van der Waals surface area contributed by atoms with Gasteiger partial charge in [-0.15, -0.1) is 0 Å². The van der Waals surface area contributed by atoms with E-state index in [-0.39, 0.29) is 5.91 Å². The fourth-order valence-electron chi connectivity index (χ4n) is 1.92. The summed E-state index contributed by atoms with van der Waals surface area (Å²) in [4.78, 5) is 14.1. The Morgan fingerprint density at radius 1 is 1.21 bits per heavy atom. The molecule has 4 heteroatoms. The molecular weight excluding hydrogens is 242 g/mol. The number of carbonyl (C=O) groups excluding carboxylic acids is 1. The van der Waals surface area contributed by atoms with E-state index in [1.165, 1.54) is 0 Å². The smallest absolute Gasteiger partial charge is 0.257 e. The van der Waals surface area contributed by atoms with Crippen LogP contribution in [0.3, 0.4) is 0 Å². The van der Waals surface area contributed by atoms with Gasteiger partial charge >= 0.3 is 0 Å². The summed E-state index contributed by atoms with van der Waals surface area (Å²) in [5.74, 6) is 1.25. The number of unbranched alkanes of at least 4 members (excludes halogenated alkanes) is 1. The second-order valence-electron chi connectivity index (χ2n) is 4.60. The molecule has 4 nitrogen and oxygen atoms in total. The van der Waals surface area contributed by atoms with Crippen LogP contribution in [0, 0.1) is 6.92 Å². The molecule has 0 saturated carbocycles. The van der Waals surface area contributed by atoms with Crippen LogP contribution >= 0.6 is 0 Å². The maximum Gasteiger partial charge on any atom is 0.257 e. The first-order valence-electron chi connectivity index (χ1n) is 6.53. The Hall–Kier alpha value is -1.71. The van der Waals surface area contributed by atoms with Crippen molar-refractivity contribution >= 4 is 5.91 Å². The van der Waals surface area contributed by atoms with Gasteiger partial charge in [-0.1, -0.05) is 13.3 Å². The summed E-state index contributed by atoms with van der Waals surface area (Å²) in [6.45, 7) is 4.78. The monoisotopic (exact) mass is 265 g/mol. The van der Waals surface area contributed by atoms with Gasteiger partial charge in [0.15, 0.2) is 0 Å². The van der Waals surface area contributed by atoms with Crippen LogP contribution in [0.1, 0.15) is 35.7 Å². The Balaban J connectivity index is 3.06. The fourth-order valence-corrected chi connectivity index (χ4v) is 1.92. The zero-order valence-corrected chi connectivity index (χ0v) is 12.4. The third-order valence-corrected chi connectivity index (χ3v) is 3.14. The van der Waals surface area contributed by atoms with Crippen molar-refractivity contribution in [1.82, 2.24) is 4.90 Å². The van der Waals surface area contributed by atoms with Crippen LogP contribution in [0.15, 0.2) is 12.1 Å². The van der Waals surface area contributed by atoms with Gasteiger partial charge in [0, 0.05) is 13.6 Å². The Bertz CT molecular complexity index is 443. The van der Waals surface area contributed by atoms with E-state index in [1.54, 1.807) is 25.2 Å². The molecule has 1 aromatic rings. The molecule has 0 aromatic heterocycles. The Morgan fingerprint density at radius 3 is 2.37 bits per heavy atom. The molecule has 1 amide bonds. The number of carbonyl (C=O) groups is 1. The summed E-state index contributed by atoms with van der Waals surface area (Å²) in [5, 5.41) is 0. The van der Waals surface area contributed by atoms with Gasteiger partial charge in [0.05, 0.1) is 19.8 Å². The number of nitrogens with zero attached hydrogens (tertiary/aromatic N) is 1. The lowest BCUT2D eigenvalue weighted by Crippen LogP contribution is -2.28. The normalized spacial score (nSPS) is 10.2. The molecule has 0 aliphatic carbocycles. The van der Waals surface area contributed by atoms with E-state index in [1.807, 2.05) is 20.0 Å². The van der Waals surface area contributed by atoms with Crippen molar-refractivity contribution in [2.24, 2.45) is 0 Å². The van der Waals surface area contributed by atoms with Crippen LogP contribution in [-0.4, -0.2) is 38.6 Å². The number of aryl methyl sites for hydroxylation is 1. The highest BCUT2D eigenvalue weighted by Crippen LogP contribution is 2.29. The van der Waals surface area contributed by atoms with Crippen LogP contribution in [-0.2, 0) is 0 Å². The molecule has 19 heavy (non-hydrogen) atoms. The molecule has 0 aliphatic heterocycles. The first kappa shape index (κ1) is 15.3. The van der Waals surface area contributed by atoms with Gasteiger partial charge in [0.1, 0.15) is 11.5 Å². The second-order valence-corrected chi connectivity index (χ2v) is 4.60. The number of rotatable bonds is 6. The summed E-state index contributed by atoms with van der Waals surface area (Å²) in [6, 6.07) is 3.58. The van der Waals surface area contributed by atoms with Gasteiger partial charge in [-0.05, 0) is 31.0 Å². The Morgan fingerprint density at radius 2 is 1.84 bits per heavy atom. The molecule has 0 fully saturated rings. The summed E-state index contributed by atoms with van der Waals surface area (Å²) in [7, 11) is 4.98. The van der Waals surface area contributed by atoms with Crippen molar-refractivity contribution in [3.8, 4) is 11.5 Å². The zero-order chi connectivity index (χ0) is 14.4.